The van der Waals surface area contributed by atoms with Gasteiger partial charge < -0.3 is 14.4 Å². The van der Waals surface area contributed by atoms with Gasteiger partial charge >= 0.3 is 0 Å². The molecule has 0 unspecified atom stereocenters. The van der Waals surface area contributed by atoms with Crippen LogP contribution in [0.3, 0.4) is 0 Å². The molecule has 2 fully saturated rings. The molecule has 3 rings (SSSR count). The van der Waals surface area contributed by atoms with Crippen LogP contribution in [0.5, 0.6) is 5.75 Å². The van der Waals surface area contributed by atoms with Crippen LogP contribution in [0.1, 0.15) is 19.4 Å². The molecule has 2 heterocycles. The molecule has 2 aliphatic rings. The minimum atomic E-state index is -0.0372. The molecule has 28 heavy (non-hydrogen) atoms. The minimum absolute atomic E-state index is 0.0110. The van der Waals surface area contributed by atoms with E-state index in [2.05, 4.69) is 4.99 Å². The number of amides is 2. The molecule has 0 bridgehead atoms. The van der Waals surface area contributed by atoms with E-state index in [4.69, 9.17) is 9.47 Å². The third kappa shape index (κ3) is 4.94. The van der Waals surface area contributed by atoms with Crippen molar-refractivity contribution in [2.75, 3.05) is 46.0 Å². The highest BCUT2D eigenvalue weighted by Crippen LogP contribution is 2.32. The van der Waals surface area contributed by atoms with E-state index in [0.717, 1.165) is 10.7 Å². The zero-order valence-corrected chi connectivity index (χ0v) is 17.0. The summed E-state index contributed by atoms with van der Waals surface area (Å²) >= 11 is 1.40. The molecule has 0 spiro atoms. The Labute approximate surface area is 169 Å². The Hall–Kier alpha value is -2.32. The maximum absolute atomic E-state index is 12.5. The van der Waals surface area contributed by atoms with Crippen molar-refractivity contribution < 1.29 is 19.1 Å². The molecule has 0 N–H and O–H groups in total. The third-order valence-electron chi connectivity index (χ3n) is 4.40. The lowest BCUT2D eigenvalue weighted by Crippen LogP contribution is -2.42. The first-order valence-corrected chi connectivity index (χ1v) is 10.3. The molecule has 7 nitrogen and oxygen atoms in total. The maximum atomic E-state index is 12.5. The van der Waals surface area contributed by atoms with Crippen molar-refractivity contribution in [3.8, 4) is 5.75 Å². The van der Waals surface area contributed by atoms with E-state index in [0.29, 0.717) is 50.0 Å². The number of hydrogen-bond donors (Lipinski definition) is 0. The van der Waals surface area contributed by atoms with Crippen molar-refractivity contribution in [1.29, 1.82) is 0 Å². The highest BCUT2D eigenvalue weighted by atomic mass is 32.2. The summed E-state index contributed by atoms with van der Waals surface area (Å²) in [5.41, 5.74) is 0.900. The van der Waals surface area contributed by atoms with Crippen LogP contribution in [0.4, 0.5) is 0 Å². The van der Waals surface area contributed by atoms with Crippen LogP contribution >= 0.6 is 11.8 Å². The fourth-order valence-electron chi connectivity index (χ4n) is 2.90. The van der Waals surface area contributed by atoms with Crippen molar-refractivity contribution in [2.45, 2.75) is 13.8 Å². The van der Waals surface area contributed by atoms with E-state index >= 15 is 0 Å². The van der Waals surface area contributed by atoms with Crippen LogP contribution in [0.2, 0.25) is 0 Å². The summed E-state index contributed by atoms with van der Waals surface area (Å²) in [5, 5.41) is 0.753. The average molecular weight is 404 g/mol. The topological polar surface area (TPSA) is 71.4 Å². The molecule has 2 aliphatic heterocycles. The van der Waals surface area contributed by atoms with Crippen LogP contribution in [0.25, 0.3) is 6.08 Å². The number of carbonyl (C=O) groups excluding carboxylic acids is 2. The van der Waals surface area contributed by atoms with Gasteiger partial charge in [0.05, 0.1) is 18.1 Å². The molecule has 150 valence electrons. The Balaban J connectivity index is 1.59. The van der Waals surface area contributed by atoms with Crippen molar-refractivity contribution in [2.24, 2.45) is 4.99 Å². The predicted octanol–water partition coefficient (Wildman–Crippen LogP) is 2.24. The Kier molecular flexibility index (Phi) is 7.11. The van der Waals surface area contributed by atoms with Gasteiger partial charge in [-0.05, 0) is 49.4 Å². The normalized spacial score (nSPS) is 20.3. The molecule has 0 aromatic heterocycles. The minimum Gasteiger partial charge on any atom is -0.484 e. The van der Waals surface area contributed by atoms with Gasteiger partial charge in [-0.1, -0.05) is 12.1 Å². The number of aliphatic imine (C=N–C) groups is 1. The number of rotatable bonds is 6. The molecule has 2 amide bonds. The van der Waals surface area contributed by atoms with Gasteiger partial charge in [0.25, 0.3) is 11.8 Å². The van der Waals surface area contributed by atoms with Crippen LogP contribution < -0.4 is 4.74 Å². The highest BCUT2D eigenvalue weighted by Gasteiger charge is 2.31. The van der Waals surface area contributed by atoms with E-state index in [-0.39, 0.29) is 18.4 Å². The quantitative estimate of drug-likeness (QED) is 0.681. The average Bonchev–Trinajstić information content (AvgIpc) is 3.02. The number of hydrogen-bond acceptors (Lipinski definition) is 6. The van der Waals surface area contributed by atoms with E-state index in [1.807, 2.05) is 44.2 Å². The van der Waals surface area contributed by atoms with Crippen LogP contribution in [0, 0.1) is 0 Å². The number of likely N-dealkylation sites (N-methyl/N-ethyl adjacent to an activating group) is 1. The fraction of sp³-hybridized carbons (Fsp3) is 0.450. The summed E-state index contributed by atoms with van der Waals surface area (Å²) in [6.45, 7) is 7.53. The van der Waals surface area contributed by atoms with Gasteiger partial charge in [0, 0.05) is 26.2 Å². The molecule has 8 heteroatoms. The number of benzene rings is 1. The van der Waals surface area contributed by atoms with Crippen molar-refractivity contribution in [3.63, 3.8) is 0 Å². The Morgan fingerprint density at radius 1 is 1.25 bits per heavy atom. The zero-order valence-electron chi connectivity index (χ0n) is 16.2. The first-order valence-electron chi connectivity index (χ1n) is 9.46. The van der Waals surface area contributed by atoms with Crippen LogP contribution in [-0.2, 0) is 14.3 Å². The second kappa shape index (κ2) is 9.75. The van der Waals surface area contributed by atoms with E-state index < -0.39 is 0 Å². The van der Waals surface area contributed by atoms with E-state index in [1.54, 1.807) is 9.80 Å². The number of thioether (sulfide) groups is 1. The lowest BCUT2D eigenvalue weighted by atomic mass is 10.2. The summed E-state index contributed by atoms with van der Waals surface area (Å²) < 4.78 is 10.8. The second-order valence-corrected chi connectivity index (χ2v) is 7.28. The van der Waals surface area contributed by atoms with Gasteiger partial charge in [-0.25, -0.2) is 0 Å². The number of amidine groups is 1. The molecule has 0 atom stereocenters. The van der Waals surface area contributed by atoms with Crippen molar-refractivity contribution >= 4 is 34.8 Å². The summed E-state index contributed by atoms with van der Waals surface area (Å²) in [4.78, 5) is 33.1. The number of ether oxygens (including phenoxy) is 2. The van der Waals surface area contributed by atoms with Crippen LogP contribution in [-0.4, -0.2) is 72.8 Å². The predicted molar refractivity (Wildman–Crippen MR) is 110 cm³/mol. The monoisotopic (exact) mass is 403 g/mol. The van der Waals surface area contributed by atoms with Gasteiger partial charge in [-0.15, -0.1) is 0 Å². The first kappa shape index (κ1) is 20.4. The molecule has 2 saturated heterocycles. The van der Waals surface area contributed by atoms with Crippen molar-refractivity contribution in [3.05, 3.63) is 34.7 Å². The first-order chi connectivity index (χ1) is 13.6. The maximum Gasteiger partial charge on any atom is 0.266 e. The molecule has 0 saturated carbocycles. The lowest BCUT2D eigenvalue weighted by molar-refractivity contribution is -0.137. The molecule has 0 radical (unpaired) electrons. The lowest BCUT2D eigenvalue weighted by Gasteiger charge is -2.26. The zero-order chi connectivity index (χ0) is 19.9. The van der Waals surface area contributed by atoms with Crippen LogP contribution in [0.15, 0.2) is 34.2 Å². The van der Waals surface area contributed by atoms with Crippen molar-refractivity contribution in [1.82, 2.24) is 9.80 Å². The van der Waals surface area contributed by atoms with Gasteiger partial charge in [0.2, 0.25) is 0 Å². The summed E-state index contributed by atoms with van der Waals surface area (Å²) in [6, 6.07) is 7.37. The third-order valence-corrected chi connectivity index (χ3v) is 5.45. The van der Waals surface area contributed by atoms with E-state index in [1.165, 1.54) is 11.8 Å². The Morgan fingerprint density at radius 3 is 2.61 bits per heavy atom. The van der Waals surface area contributed by atoms with Gasteiger partial charge in [-0.3, -0.25) is 19.5 Å². The van der Waals surface area contributed by atoms with E-state index in [9.17, 15) is 9.59 Å². The number of nitrogens with zero attached hydrogens (tertiary/aromatic N) is 3. The number of carbonyl (C=O) groups is 2. The fourth-order valence-corrected chi connectivity index (χ4v) is 4.01. The SMILES string of the molecule is CCN=C1S/C(=C\c2ccc(OCC(=O)N3CCOCC3)cc2)C(=O)N1CC. The number of morpholine rings is 1. The molecule has 1 aromatic carbocycles. The second-order valence-electron chi connectivity index (χ2n) is 6.27. The standard InChI is InChI=1S/C20H25N3O4S/c1-3-21-20-23(4-2)19(25)17(28-20)13-15-5-7-16(8-6-15)27-14-18(24)22-9-11-26-12-10-22/h5-8,13H,3-4,9-12,14H2,1-2H3/b17-13-,21-20?. The highest BCUT2D eigenvalue weighted by molar-refractivity contribution is 8.18. The summed E-state index contributed by atoms with van der Waals surface area (Å²) in [6.07, 6.45) is 1.86. The smallest absolute Gasteiger partial charge is 0.266 e. The molecular formula is C20H25N3O4S. The molecule has 0 aliphatic carbocycles. The van der Waals surface area contributed by atoms with Gasteiger partial charge in [0.1, 0.15) is 5.75 Å². The van der Waals surface area contributed by atoms with Gasteiger partial charge in [-0.2, -0.15) is 0 Å². The molecule has 1 aromatic rings. The molecular weight excluding hydrogens is 378 g/mol. The summed E-state index contributed by atoms with van der Waals surface area (Å²) in [7, 11) is 0. The summed E-state index contributed by atoms with van der Waals surface area (Å²) in [5.74, 6) is 0.568. The Bertz CT molecular complexity index is 770. The Morgan fingerprint density at radius 2 is 1.96 bits per heavy atom. The van der Waals surface area contributed by atoms with Gasteiger partial charge in [0.15, 0.2) is 11.8 Å². The largest absolute Gasteiger partial charge is 0.484 e.